The van der Waals surface area contributed by atoms with Crippen LogP contribution in [0.1, 0.15) is 11.3 Å². The van der Waals surface area contributed by atoms with E-state index < -0.39 is 0 Å². The third-order valence-electron chi connectivity index (χ3n) is 4.79. The molecule has 2 saturated heterocycles. The molecule has 0 amide bonds. The molecule has 2 fully saturated rings. The molecule has 4 heterocycles. The van der Waals surface area contributed by atoms with Crippen LogP contribution < -0.4 is 10.6 Å². The van der Waals surface area contributed by atoms with Gasteiger partial charge < -0.3 is 20.3 Å². The summed E-state index contributed by atoms with van der Waals surface area (Å²) in [7, 11) is 2.21. The minimum atomic E-state index is 0.398. The van der Waals surface area contributed by atoms with E-state index in [2.05, 4.69) is 26.8 Å². The number of anilines is 2. The molecule has 6 heteroatoms. The fraction of sp³-hybridized carbons (Fsp3) is 0.714. The van der Waals surface area contributed by atoms with Gasteiger partial charge in [0.25, 0.3) is 0 Å². The van der Waals surface area contributed by atoms with Gasteiger partial charge in [0.2, 0.25) is 5.95 Å². The lowest BCUT2D eigenvalue weighted by molar-refractivity contribution is 0.109. The zero-order valence-corrected chi connectivity index (χ0v) is 11.9. The molecule has 0 aliphatic carbocycles. The summed E-state index contributed by atoms with van der Waals surface area (Å²) in [4.78, 5) is 13.7. The van der Waals surface area contributed by atoms with E-state index in [0.29, 0.717) is 12.6 Å². The molecule has 3 aliphatic heterocycles. The Morgan fingerprint density at radius 1 is 1.15 bits per heavy atom. The highest BCUT2D eigenvalue weighted by Crippen LogP contribution is 2.35. The van der Waals surface area contributed by atoms with Crippen molar-refractivity contribution >= 4 is 11.8 Å². The quantitative estimate of drug-likeness (QED) is 0.786. The first-order valence-electron chi connectivity index (χ1n) is 7.37. The number of nitrogens with zero attached hydrogens (tertiary/aromatic N) is 4. The lowest BCUT2D eigenvalue weighted by Crippen LogP contribution is -2.30. The van der Waals surface area contributed by atoms with Gasteiger partial charge in [0.15, 0.2) is 0 Å². The number of hydrogen-bond donors (Lipinski definition) is 1. The van der Waals surface area contributed by atoms with E-state index in [1.165, 1.54) is 13.1 Å². The van der Waals surface area contributed by atoms with Crippen molar-refractivity contribution in [3.8, 4) is 0 Å². The third kappa shape index (κ3) is 1.94. The van der Waals surface area contributed by atoms with Gasteiger partial charge in [-0.1, -0.05) is 0 Å². The molecule has 2 N–H and O–H groups in total. The number of ether oxygens (including phenoxy) is 1. The van der Waals surface area contributed by atoms with Crippen LogP contribution in [0.2, 0.25) is 0 Å². The van der Waals surface area contributed by atoms with Crippen LogP contribution in [0, 0.1) is 11.8 Å². The van der Waals surface area contributed by atoms with Crippen molar-refractivity contribution in [3.05, 3.63) is 11.3 Å². The van der Waals surface area contributed by atoms with Gasteiger partial charge in [-0.15, -0.1) is 0 Å². The van der Waals surface area contributed by atoms with Crippen molar-refractivity contribution in [1.82, 2.24) is 14.9 Å². The molecular formula is C14H21N5O. The first kappa shape index (κ1) is 12.3. The highest BCUT2D eigenvalue weighted by Gasteiger charge is 2.40. The fourth-order valence-electron chi connectivity index (χ4n) is 3.90. The van der Waals surface area contributed by atoms with Crippen LogP contribution >= 0.6 is 0 Å². The molecule has 20 heavy (non-hydrogen) atoms. The molecule has 0 radical (unpaired) electrons. The number of aromatic nitrogens is 2. The molecule has 0 spiro atoms. The second-order valence-electron chi connectivity index (χ2n) is 6.28. The minimum absolute atomic E-state index is 0.398. The van der Waals surface area contributed by atoms with Gasteiger partial charge in [-0.05, 0) is 18.9 Å². The molecule has 1 aromatic heterocycles. The Morgan fingerprint density at radius 3 is 2.65 bits per heavy atom. The molecule has 6 nitrogen and oxygen atoms in total. The number of hydrogen-bond acceptors (Lipinski definition) is 6. The van der Waals surface area contributed by atoms with Gasteiger partial charge in [0.05, 0.1) is 18.9 Å². The number of likely N-dealkylation sites (tertiary alicyclic amines) is 1. The van der Waals surface area contributed by atoms with Crippen LogP contribution in [-0.4, -0.2) is 54.7 Å². The summed E-state index contributed by atoms with van der Waals surface area (Å²) in [6.45, 7) is 5.91. The van der Waals surface area contributed by atoms with Crippen molar-refractivity contribution in [2.45, 2.75) is 13.0 Å². The van der Waals surface area contributed by atoms with Gasteiger partial charge in [-0.2, -0.15) is 4.98 Å². The summed E-state index contributed by atoms with van der Waals surface area (Å²) in [6, 6.07) is 0. The van der Waals surface area contributed by atoms with Crippen molar-refractivity contribution in [1.29, 1.82) is 0 Å². The highest BCUT2D eigenvalue weighted by atomic mass is 16.5. The first-order chi connectivity index (χ1) is 9.70. The second kappa shape index (κ2) is 4.56. The largest absolute Gasteiger partial charge is 0.376 e. The molecule has 2 atom stereocenters. The standard InChI is InChI=1S/C14H21N5O/c1-18-4-9-6-19(7-10(9)5-18)13-11-8-20-3-2-12(11)16-14(15)17-13/h9-10H,2-8H2,1H3,(H2,15,16,17)/t9-,10+. The fourth-order valence-corrected chi connectivity index (χ4v) is 3.90. The number of fused-ring (bicyclic) bond motifs is 2. The first-order valence-corrected chi connectivity index (χ1v) is 7.37. The summed E-state index contributed by atoms with van der Waals surface area (Å²) in [5.74, 6) is 2.94. The lowest BCUT2D eigenvalue weighted by Gasteiger charge is -2.26. The Labute approximate surface area is 118 Å². The summed E-state index contributed by atoms with van der Waals surface area (Å²) < 4.78 is 5.59. The average molecular weight is 275 g/mol. The van der Waals surface area contributed by atoms with Gasteiger partial charge in [0.1, 0.15) is 5.82 Å². The summed E-state index contributed by atoms with van der Waals surface area (Å²) >= 11 is 0. The Morgan fingerprint density at radius 2 is 1.90 bits per heavy atom. The SMILES string of the molecule is CN1C[C@@H]2CN(c3nc(N)nc4c3COCC4)C[C@@H]2C1. The Hall–Kier alpha value is -1.40. The van der Waals surface area contributed by atoms with E-state index in [0.717, 1.165) is 55.0 Å². The predicted octanol–water partition coefficient (Wildman–Crippen LogP) is 0.129. The smallest absolute Gasteiger partial charge is 0.222 e. The normalized spacial score (nSPS) is 29.6. The summed E-state index contributed by atoms with van der Waals surface area (Å²) in [6.07, 6.45) is 0.846. The van der Waals surface area contributed by atoms with Gasteiger partial charge in [0, 0.05) is 38.2 Å². The van der Waals surface area contributed by atoms with E-state index in [1.807, 2.05) is 0 Å². The zero-order valence-electron chi connectivity index (χ0n) is 11.9. The Balaban J connectivity index is 1.65. The van der Waals surface area contributed by atoms with E-state index in [9.17, 15) is 0 Å². The van der Waals surface area contributed by atoms with Crippen LogP contribution in [0.25, 0.3) is 0 Å². The summed E-state index contributed by atoms with van der Waals surface area (Å²) in [5, 5.41) is 0. The molecule has 4 rings (SSSR count). The van der Waals surface area contributed by atoms with Crippen molar-refractivity contribution < 1.29 is 4.74 Å². The number of nitrogen functional groups attached to an aromatic ring is 1. The predicted molar refractivity (Wildman–Crippen MR) is 76.5 cm³/mol. The molecule has 0 aromatic carbocycles. The minimum Gasteiger partial charge on any atom is -0.376 e. The maximum absolute atomic E-state index is 5.89. The van der Waals surface area contributed by atoms with Gasteiger partial charge in [-0.3, -0.25) is 0 Å². The van der Waals surface area contributed by atoms with E-state index in [1.54, 1.807) is 0 Å². The van der Waals surface area contributed by atoms with Crippen molar-refractivity contribution in [2.24, 2.45) is 11.8 Å². The zero-order chi connectivity index (χ0) is 13.7. The molecular weight excluding hydrogens is 254 g/mol. The summed E-state index contributed by atoms with van der Waals surface area (Å²) in [5.41, 5.74) is 8.12. The van der Waals surface area contributed by atoms with Crippen LogP contribution in [0.3, 0.4) is 0 Å². The maximum atomic E-state index is 5.89. The molecule has 3 aliphatic rings. The van der Waals surface area contributed by atoms with Crippen LogP contribution in [-0.2, 0) is 17.8 Å². The maximum Gasteiger partial charge on any atom is 0.222 e. The highest BCUT2D eigenvalue weighted by molar-refractivity contribution is 5.53. The topological polar surface area (TPSA) is 67.5 Å². The van der Waals surface area contributed by atoms with E-state index >= 15 is 0 Å². The van der Waals surface area contributed by atoms with Gasteiger partial charge >= 0.3 is 0 Å². The second-order valence-corrected chi connectivity index (χ2v) is 6.28. The molecule has 0 unspecified atom stereocenters. The number of nitrogens with two attached hydrogens (primary N) is 1. The Kier molecular flexibility index (Phi) is 2.82. The molecule has 0 bridgehead atoms. The van der Waals surface area contributed by atoms with Crippen LogP contribution in [0.4, 0.5) is 11.8 Å². The van der Waals surface area contributed by atoms with Crippen molar-refractivity contribution in [2.75, 3.05) is 50.5 Å². The lowest BCUT2D eigenvalue weighted by atomic mass is 10.0. The monoisotopic (exact) mass is 275 g/mol. The third-order valence-corrected chi connectivity index (χ3v) is 4.79. The van der Waals surface area contributed by atoms with E-state index in [-0.39, 0.29) is 0 Å². The van der Waals surface area contributed by atoms with Crippen molar-refractivity contribution in [3.63, 3.8) is 0 Å². The van der Waals surface area contributed by atoms with Crippen LogP contribution in [0.15, 0.2) is 0 Å². The molecule has 1 aromatic rings. The van der Waals surface area contributed by atoms with E-state index in [4.69, 9.17) is 10.5 Å². The average Bonchev–Trinajstić information content (AvgIpc) is 2.94. The van der Waals surface area contributed by atoms with Crippen LogP contribution in [0.5, 0.6) is 0 Å². The molecule has 0 saturated carbocycles. The number of rotatable bonds is 1. The Bertz CT molecular complexity index is 521. The van der Waals surface area contributed by atoms with Gasteiger partial charge in [-0.25, -0.2) is 4.98 Å². The molecule has 108 valence electrons.